The van der Waals surface area contributed by atoms with E-state index in [1.807, 2.05) is 0 Å². The van der Waals surface area contributed by atoms with E-state index >= 15 is 0 Å². The highest BCUT2D eigenvalue weighted by atomic mass is 31.2. The van der Waals surface area contributed by atoms with Gasteiger partial charge < -0.3 is 14.0 Å². The Bertz CT molecular complexity index is 249. The van der Waals surface area contributed by atoms with Crippen molar-refractivity contribution in [2.75, 3.05) is 14.2 Å². The molecule has 0 saturated heterocycles. The predicted molar refractivity (Wildman–Crippen MR) is 42.1 cm³/mol. The summed E-state index contributed by atoms with van der Waals surface area (Å²) in [4.78, 5) is 2.77. The van der Waals surface area contributed by atoms with Crippen LogP contribution < -0.4 is 5.30 Å². The minimum absolute atomic E-state index is 0.544. The summed E-state index contributed by atoms with van der Waals surface area (Å²) in [5.74, 6) is 0. The van der Waals surface area contributed by atoms with Crippen molar-refractivity contribution in [1.29, 1.82) is 0 Å². The molecular weight excluding hydrogens is 165 g/mol. The summed E-state index contributed by atoms with van der Waals surface area (Å²) in [5, 5.41) is 0.544. The highest BCUT2D eigenvalue weighted by molar-refractivity contribution is 7.62. The van der Waals surface area contributed by atoms with E-state index in [0.717, 1.165) is 0 Å². The number of rotatable bonds is 3. The molecule has 11 heavy (non-hydrogen) atoms. The maximum atomic E-state index is 11.5. The van der Waals surface area contributed by atoms with Gasteiger partial charge in [-0.3, -0.25) is 4.57 Å². The first-order valence-corrected chi connectivity index (χ1v) is 4.62. The first-order valence-electron chi connectivity index (χ1n) is 3.08. The Hall–Kier alpha value is -0.570. The molecule has 1 aromatic rings. The lowest BCUT2D eigenvalue weighted by Crippen LogP contribution is -2.04. The summed E-state index contributed by atoms with van der Waals surface area (Å²) in [5.41, 5.74) is 0. The molecule has 0 unspecified atom stereocenters. The third-order valence-electron chi connectivity index (χ3n) is 1.38. The molecule has 1 heterocycles. The predicted octanol–water partition coefficient (Wildman–Crippen LogP) is 1.13. The number of nitrogens with one attached hydrogen (secondary N) is 1. The molecule has 5 heteroatoms. The number of aromatic nitrogens is 1. The summed E-state index contributed by atoms with van der Waals surface area (Å²) in [6, 6.07) is 1.66. The summed E-state index contributed by atoms with van der Waals surface area (Å²) < 4.78 is 21.0. The number of hydrogen-bond donors (Lipinski definition) is 1. The van der Waals surface area contributed by atoms with E-state index in [-0.39, 0.29) is 0 Å². The molecule has 1 N–H and O–H groups in total. The Labute approximate surface area is 65.1 Å². The van der Waals surface area contributed by atoms with Gasteiger partial charge >= 0.3 is 7.60 Å². The SMILES string of the molecule is COP(=O)(OC)c1cc[nH]c1. The molecule has 0 spiro atoms. The van der Waals surface area contributed by atoms with Crippen LogP contribution in [0, 0.1) is 0 Å². The van der Waals surface area contributed by atoms with Gasteiger partial charge in [-0.05, 0) is 6.07 Å². The van der Waals surface area contributed by atoms with Gasteiger partial charge in [0.2, 0.25) is 0 Å². The lowest BCUT2D eigenvalue weighted by Gasteiger charge is -2.10. The van der Waals surface area contributed by atoms with Gasteiger partial charge in [0.1, 0.15) is 0 Å². The molecule has 1 aromatic heterocycles. The van der Waals surface area contributed by atoms with Crippen LogP contribution in [0.15, 0.2) is 18.5 Å². The highest BCUT2D eigenvalue weighted by Crippen LogP contribution is 2.44. The van der Waals surface area contributed by atoms with Crippen molar-refractivity contribution >= 4 is 12.9 Å². The summed E-state index contributed by atoms with van der Waals surface area (Å²) in [6.07, 6.45) is 3.26. The Morgan fingerprint density at radius 3 is 2.45 bits per heavy atom. The van der Waals surface area contributed by atoms with Crippen LogP contribution in [-0.2, 0) is 13.6 Å². The number of aromatic amines is 1. The second kappa shape index (κ2) is 3.22. The Balaban J connectivity index is 2.97. The lowest BCUT2D eigenvalue weighted by molar-refractivity contribution is 0.287. The quantitative estimate of drug-likeness (QED) is 0.700. The molecule has 0 saturated carbocycles. The second-order valence-electron chi connectivity index (χ2n) is 1.93. The zero-order valence-electron chi connectivity index (χ0n) is 6.40. The Morgan fingerprint density at radius 2 is 2.09 bits per heavy atom. The van der Waals surface area contributed by atoms with Crippen LogP contribution in [0.5, 0.6) is 0 Å². The maximum Gasteiger partial charge on any atom is 0.362 e. The first-order chi connectivity index (χ1) is 5.23. The molecule has 4 nitrogen and oxygen atoms in total. The molecular formula is C6H10NO3P. The van der Waals surface area contributed by atoms with Crippen LogP contribution in [0.2, 0.25) is 0 Å². The molecule has 0 aromatic carbocycles. The fourth-order valence-electron chi connectivity index (χ4n) is 0.771. The van der Waals surface area contributed by atoms with Crippen molar-refractivity contribution in [3.05, 3.63) is 18.5 Å². The van der Waals surface area contributed by atoms with Crippen LogP contribution in [0.4, 0.5) is 0 Å². The first kappa shape index (κ1) is 8.53. The van der Waals surface area contributed by atoms with Crippen molar-refractivity contribution in [3.8, 4) is 0 Å². The molecule has 0 aliphatic rings. The van der Waals surface area contributed by atoms with E-state index in [1.54, 1.807) is 18.5 Å². The van der Waals surface area contributed by atoms with E-state index in [4.69, 9.17) is 9.05 Å². The van der Waals surface area contributed by atoms with Crippen molar-refractivity contribution in [2.45, 2.75) is 0 Å². The molecule has 0 bridgehead atoms. The summed E-state index contributed by atoms with van der Waals surface area (Å²) in [6.45, 7) is 0. The van der Waals surface area contributed by atoms with Crippen molar-refractivity contribution in [3.63, 3.8) is 0 Å². The average Bonchev–Trinajstić information content (AvgIpc) is 2.55. The van der Waals surface area contributed by atoms with Gasteiger partial charge in [-0.1, -0.05) is 0 Å². The highest BCUT2D eigenvalue weighted by Gasteiger charge is 2.24. The van der Waals surface area contributed by atoms with Crippen molar-refractivity contribution < 1.29 is 13.6 Å². The number of H-pyrrole nitrogens is 1. The fraction of sp³-hybridized carbons (Fsp3) is 0.333. The topological polar surface area (TPSA) is 51.3 Å². The van der Waals surface area contributed by atoms with E-state index < -0.39 is 7.60 Å². The van der Waals surface area contributed by atoms with Crippen molar-refractivity contribution in [2.24, 2.45) is 0 Å². The van der Waals surface area contributed by atoms with Crippen LogP contribution in [0.3, 0.4) is 0 Å². The van der Waals surface area contributed by atoms with E-state index in [2.05, 4.69) is 4.98 Å². The third kappa shape index (κ3) is 1.53. The number of hydrogen-bond acceptors (Lipinski definition) is 3. The van der Waals surface area contributed by atoms with E-state index in [1.165, 1.54) is 14.2 Å². The van der Waals surface area contributed by atoms with Crippen LogP contribution in [0.25, 0.3) is 0 Å². The van der Waals surface area contributed by atoms with Gasteiger partial charge in [-0.15, -0.1) is 0 Å². The molecule has 1 rings (SSSR count). The molecule has 0 amide bonds. The van der Waals surface area contributed by atoms with Gasteiger partial charge in [0.25, 0.3) is 0 Å². The third-order valence-corrected chi connectivity index (χ3v) is 3.25. The average molecular weight is 175 g/mol. The molecule has 0 aliphatic heterocycles. The normalized spacial score (nSPS) is 11.8. The molecule has 0 fully saturated rings. The standard InChI is InChI=1S/C6H10NO3P/c1-9-11(8,10-2)6-3-4-7-5-6/h3-5,7H,1-2H3. The zero-order chi connectivity index (χ0) is 8.32. The minimum atomic E-state index is -3.02. The fourth-order valence-corrected chi connectivity index (χ4v) is 1.83. The van der Waals surface area contributed by atoms with Crippen LogP contribution in [-0.4, -0.2) is 19.2 Å². The molecule has 0 aliphatic carbocycles. The summed E-state index contributed by atoms with van der Waals surface area (Å²) >= 11 is 0. The van der Waals surface area contributed by atoms with E-state index in [0.29, 0.717) is 5.30 Å². The molecule has 0 radical (unpaired) electrons. The largest absolute Gasteiger partial charge is 0.367 e. The van der Waals surface area contributed by atoms with Crippen molar-refractivity contribution in [1.82, 2.24) is 4.98 Å². The Morgan fingerprint density at radius 1 is 1.45 bits per heavy atom. The lowest BCUT2D eigenvalue weighted by atomic mass is 10.7. The molecule has 0 atom stereocenters. The van der Waals surface area contributed by atoms with Gasteiger partial charge in [-0.25, -0.2) is 0 Å². The van der Waals surface area contributed by atoms with Gasteiger partial charge in [0.05, 0.1) is 5.30 Å². The minimum Gasteiger partial charge on any atom is -0.367 e. The monoisotopic (exact) mass is 175 g/mol. The summed E-state index contributed by atoms with van der Waals surface area (Å²) in [7, 11) is -0.300. The van der Waals surface area contributed by atoms with Gasteiger partial charge in [0.15, 0.2) is 0 Å². The van der Waals surface area contributed by atoms with E-state index in [9.17, 15) is 4.57 Å². The molecule has 62 valence electrons. The maximum absolute atomic E-state index is 11.5. The van der Waals surface area contributed by atoms with Crippen LogP contribution in [0.1, 0.15) is 0 Å². The smallest absolute Gasteiger partial charge is 0.362 e. The van der Waals surface area contributed by atoms with Gasteiger partial charge in [0, 0.05) is 26.6 Å². The zero-order valence-corrected chi connectivity index (χ0v) is 7.30. The second-order valence-corrected chi connectivity index (χ2v) is 4.17. The van der Waals surface area contributed by atoms with Gasteiger partial charge in [-0.2, -0.15) is 0 Å². The van der Waals surface area contributed by atoms with Crippen LogP contribution >= 0.6 is 7.60 Å². The Kier molecular flexibility index (Phi) is 2.49.